The number of nitrogens with zero attached hydrogens (tertiary/aromatic N) is 5. The second-order valence-electron chi connectivity index (χ2n) is 5.01. The lowest BCUT2D eigenvalue weighted by atomic mass is 9.95. The largest absolute Gasteiger partial charge is 0.502 e. The van der Waals surface area contributed by atoms with Gasteiger partial charge in [-0.25, -0.2) is 4.79 Å². The number of nitrogens with one attached hydrogen (secondary N) is 1. The molecule has 1 aliphatic rings. The fourth-order valence-electron chi connectivity index (χ4n) is 2.55. The third kappa shape index (κ3) is 2.31. The zero-order valence-electron chi connectivity index (χ0n) is 12.6. The van der Waals surface area contributed by atoms with E-state index in [1.165, 1.54) is 30.0 Å². The van der Waals surface area contributed by atoms with Crippen LogP contribution in [0.3, 0.4) is 0 Å². The predicted octanol–water partition coefficient (Wildman–Crippen LogP) is 0.749. The molecule has 0 bridgehead atoms. The van der Waals surface area contributed by atoms with E-state index < -0.39 is 28.4 Å². The van der Waals surface area contributed by atoms with Crippen molar-refractivity contribution in [2.24, 2.45) is 0 Å². The number of aromatic nitrogens is 4. The number of phenols is 1. The van der Waals surface area contributed by atoms with Crippen molar-refractivity contribution >= 4 is 17.6 Å². The van der Waals surface area contributed by atoms with Crippen LogP contribution in [-0.2, 0) is 9.53 Å². The van der Waals surface area contributed by atoms with Crippen LogP contribution in [0.15, 0.2) is 29.5 Å². The van der Waals surface area contributed by atoms with Crippen LogP contribution in [0.4, 0.5) is 11.6 Å². The fraction of sp³-hybridized carbons (Fsp3) is 0.231. The molecule has 1 aromatic heterocycles. The molecule has 0 saturated carbocycles. The van der Waals surface area contributed by atoms with Crippen LogP contribution < -0.4 is 5.32 Å². The number of hydrogen-bond donors (Lipinski definition) is 2. The van der Waals surface area contributed by atoms with Crippen LogP contribution in [-0.4, -0.2) is 43.3 Å². The number of carbonyl (C=O) groups excluding carboxylic acids is 1. The van der Waals surface area contributed by atoms with E-state index in [9.17, 15) is 20.0 Å². The van der Waals surface area contributed by atoms with Crippen molar-refractivity contribution in [1.29, 1.82) is 0 Å². The number of fused-ring (bicyclic) bond motifs is 1. The van der Waals surface area contributed by atoms with Gasteiger partial charge < -0.3 is 15.2 Å². The van der Waals surface area contributed by atoms with E-state index in [4.69, 9.17) is 4.74 Å². The highest BCUT2D eigenvalue weighted by atomic mass is 16.6. The Kier molecular flexibility index (Phi) is 3.60. The summed E-state index contributed by atoms with van der Waals surface area (Å²) in [5, 5.41) is 34.8. The van der Waals surface area contributed by atoms with E-state index in [-0.39, 0.29) is 11.5 Å². The summed E-state index contributed by atoms with van der Waals surface area (Å²) in [4.78, 5) is 22.6. The van der Waals surface area contributed by atoms with E-state index in [0.29, 0.717) is 11.3 Å². The predicted molar refractivity (Wildman–Crippen MR) is 79.1 cm³/mol. The van der Waals surface area contributed by atoms with Gasteiger partial charge in [-0.2, -0.15) is 4.68 Å². The summed E-state index contributed by atoms with van der Waals surface area (Å²) in [6, 6.07) is 2.99. The van der Waals surface area contributed by atoms with Gasteiger partial charge in [-0.05, 0) is 29.0 Å². The Morgan fingerprint density at radius 2 is 2.25 bits per heavy atom. The van der Waals surface area contributed by atoms with Gasteiger partial charge >= 0.3 is 11.7 Å². The molecule has 2 aromatic rings. The summed E-state index contributed by atoms with van der Waals surface area (Å²) in [6.07, 6.45) is 0. The number of nitro groups is 1. The summed E-state index contributed by atoms with van der Waals surface area (Å²) in [6.45, 7) is 1.65. The molecule has 3 rings (SSSR count). The molecule has 1 aromatic carbocycles. The number of hydrogen-bond acceptors (Lipinski definition) is 9. The summed E-state index contributed by atoms with van der Waals surface area (Å²) in [7, 11) is 1.23. The molecule has 11 nitrogen and oxygen atoms in total. The first-order valence-corrected chi connectivity index (χ1v) is 6.75. The molecule has 0 unspecified atom stereocenters. The highest BCUT2D eigenvalue weighted by Crippen LogP contribution is 2.37. The molecule has 0 saturated heterocycles. The Morgan fingerprint density at radius 1 is 1.50 bits per heavy atom. The van der Waals surface area contributed by atoms with Crippen molar-refractivity contribution in [3.8, 4) is 5.75 Å². The number of carbonyl (C=O) groups is 1. The van der Waals surface area contributed by atoms with E-state index >= 15 is 0 Å². The molecule has 2 N–H and O–H groups in total. The van der Waals surface area contributed by atoms with Crippen molar-refractivity contribution < 1.29 is 19.6 Å². The van der Waals surface area contributed by atoms with Gasteiger partial charge in [0.05, 0.1) is 17.6 Å². The zero-order chi connectivity index (χ0) is 17.4. The van der Waals surface area contributed by atoms with Gasteiger partial charge in [-0.1, -0.05) is 11.2 Å². The van der Waals surface area contributed by atoms with Gasteiger partial charge in [0, 0.05) is 11.8 Å². The molecule has 11 heteroatoms. The first-order valence-electron chi connectivity index (χ1n) is 6.75. The standard InChI is InChI=1S/C13H12N6O5/c1-6-10(12(21)24-2)11(18-13(14-6)15-16-17-18)7-3-4-9(20)8(5-7)19(22)23/h3-5,11,20H,1-2H3,(H,14,15,17)/t11-/m0/s1. The van der Waals surface area contributed by atoms with Crippen LogP contribution in [0.25, 0.3) is 0 Å². The highest BCUT2D eigenvalue weighted by Gasteiger charge is 2.35. The number of allylic oxidation sites excluding steroid dienone is 1. The molecule has 1 aliphatic heterocycles. The summed E-state index contributed by atoms with van der Waals surface area (Å²) >= 11 is 0. The summed E-state index contributed by atoms with van der Waals surface area (Å²) < 4.78 is 6.12. The molecule has 0 radical (unpaired) electrons. The van der Waals surface area contributed by atoms with Gasteiger partial charge in [-0.15, -0.1) is 0 Å². The Balaban J connectivity index is 2.22. The lowest BCUT2D eigenvalue weighted by Gasteiger charge is -2.26. The fourth-order valence-corrected chi connectivity index (χ4v) is 2.55. The number of benzene rings is 1. The minimum Gasteiger partial charge on any atom is -0.502 e. The van der Waals surface area contributed by atoms with E-state index in [1.807, 2.05) is 0 Å². The summed E-state index contributed by atoms with van der Waals surface area (Å²) in [5.41, 5.74) is 0.541. The molecular formula is C13H12N6O5. The third-order valence-corrected chi connectivity index (χ3v) is 3.63. The minimum absolute atomic E-state index is 0.206. The van der Waals surface area contributed by atoms with Crippen molar-refractivity contribution in [2.75, 3.05) is 12.4 Å². The number of phenolic OH excluding ortho intramolecular Hbond substituents is 1. The Bertz CT molecular complexity index is 873. The Labute approximate surface area is 134 Å². The molecule has 0 fully saturated rings. The van der Waals surface area contributed by atoms with E-state index in [1.54, 1.807) is 6.92 Å². The Hall–Kier alpha value is -3.50. The number of ether oxygens (including phenoxy) is 1. The minimum atomic E-state index is -0.831. The monoisotopic (exact) mass is 332 g/mol. The topological polar surface area (TPSA) is 145 Å². The van der Waals surface area contributed by atoms with Gasteiger partial charge in [-0.3, -0.25) is 10.1 Å². The van der Waals surface area contributed by atoms with Gasteiger partial charge in [0.2, 0.25) is 5.95 Å². The van der Waals surface area contributed by atoms with E-state index in [2.05, 4.69) is 20.8 Å². The molecule has 2 heterocycles. The van der Waals surface area contributed by atoms with Gasteiger partial charge in [0.25, 0.3) is 0 Å². The lowest BCUT2D eigenvalue weighted by Crippen LogP contribution is -2.29. The van der Waals surface area contributed by atoms with Crippen molar-refractivity contribution in [1.82, 2.24) is 20.2 Å². The quantitative estimate of drug-likeness (QED) is 0.472. The number of anilines is 1. The molecule has 0 spiro atoms. The maximum Gasteiger partial charge on any atom is 0.338 e. The molecule has 0 amide bonds. The van der Waals surface area contributed by atoms with Crippen molar-refractivity contribution in [2.45, 2.75) is 13.0 Å². The second kappa shape index (κ2) is 5.61. The maximum atomic E-state index is 12.2. The van der Waals surface area contributed by atoms with Crippen molar-refractivity contribution in [3.05, 3.63) is 45.1 Å². The summed E-state index contributed by atoms with van der Waals surface area (Å²) in [5.74, 6) is -0.822. The van der Waals surface area contributed by atoms with Gasteiger partial charge in [0.1, 0.15) is 6.04 Å². The van der Waals surface area contributed by atoms with Crippen LogP contribution in [0.2, 0.25) is 0 Å². The van der Waals surface area contributed by atoms with Crippen LogP contribution >= 0.6 is 0 Å². The van der Waals surface area contributed by atoms with Crippen LogP contribution in [0.5, 0.6) is 5.75 Å². The molecule has 24 heavy (non-hydrogen) atoms. The number of esters is 1. The van der Waals surface area contributed by atoms with Crippen molar-refractivity contribution in [3.63, 3.8) is 0 Å². The highest BCUT2D eigenvalue weighted by molar-refractivity contribution is 5.92. The molecule has 124 valence electrons. The maximum absolute atomic E-state index is 12.2. The number of rotatable bonds is 3. The number of methoxy groups -OCH3 is 1. The SMILES string of the molecule is COC(=O)C1=C(C)Nc2nnnn2[C@H]1c1ccc(O)c([N+](=O)[O-])c1. The molecule has 0 aliphatic carbocycles. The first kappa shape index (κ1) is 15.4. The second-order valence-corrected chi connectivity index (χ2v) is 5.01. The average Bonchev–Trinajstić information content (AvgIpc) is 3.01. The zero-order valence-corrected chi connectivity index (χ0v) is 12.6. The normalized spacial score (nSPS) is 16.3. The number of aromatic hydroxyl groups is 1. The lowest BCUT2D eigenvalue weighted by molar-refractivity contribution is -0.385. The number of tetrazole rings is 1. The number of nitro benzene ring substituents is 1. The smallest absolute Gasteiger partial charge is 0.338 e. The average molecular weight is 332 g/mol. The first-order chi connectivity index (χ1) is 11.4. The van der Waals surface area contributed by atoms with E-state index in [0.717, 1.165) is 0 Å². The van der Waals surface area contributed by atoms with Crippen LogP contribution in [0, 0.1) is 10.1 Å². The van der Waals surface area contributed by atoms with Gasteiger partial charge in [0.15, 0.2) is 5.75 Å². The molecule has 1 atom stereocenters. The Morgan fingerprint density at radius 3 is 2.92 bits per heavy atom. The van der Waals surface area contributed by atoms with Crippen LogP contribution in [0.1, 0.15) is 18.5 Å². The third-order valence-electron chi connectivity index (χ3n) is 3.63. The molecular weight excluding hydrogens is 320 g/mol.